The predicted octanol–water partition coefficient (Wildman–Crippen LogP) is 4.34. The highest BCUT2D eigenvalue weighted by Gasteiger charge is 2.09. The minimum atomic E-state index is 0.258. The second-order valence-electron chi connectivity index (χ2n) is 4.67. The molecule has 0 spiro atoms. The molecule has 0 aliphatic heterocycles. The predicted molar refractivity (Wildman–Crippen MR) is 82.8 cm³/mol. The molecule has 0 aliphatic rings. The molecule has 0 N–H and O–H groups in total. The summed E-state index contributed by atoms with van der Waals surface area (Å²) >= 11 is 1.86. The summed E-state index contributed by atoms with van der Waals surface area (Å²) < 4.78 is 5.58. The molecule has 2 rings (SSSR count). The Balaban J connectivity index is 1.87. The molecule has 2 aromatic carbocycles. The van der Waals surface area contributed by atoms with Gasteiger partial charge in [0.1, 0.15) is 0 Å². The first-order valence-corrected chi connectivity index (χ1v) is 7.52. The lowest BCUT2D eigenvalue weighted by Gasteiger charge is -2.15. The molecule has 19 heavy (non-hydrogen) atoms. The Morgan fingerprint density at radius 2 is 1.68 bits per heavy atom. The van der Waals surface area contributed by atoms with E-state index >= 15 is 0 Å². The van der Waals surface area contributed by atoms with Crippen molar-refractivity contribution in [2.75, 3.05) is 12.9 Å². The number of hydrogen-bond donors (Lipinski definition) is 0. The van der Waals surface area contributed by atoms with Gasteiger partial charge in [-0.25, -0.2) is 0 Å². The molecule has 2 heteroatoms. The molecule has 0 fully saturated rings. The highest BCUT2D eigenvalue weighted by Crippen LogP contribution is 2.21. The van der Waals surface area contributed by atoms with Gasteiger partial charge in [-0.1, -0.05) is 48.0 Å². The van der Waals surface area contributed by atoms with Gasteiger partial charge in [0.25, 0.3) is 0 Å². The average Bonchev–Trinajstić information content (AvgIpc) is 2.46. The molecule has 0 amide bonds. The van der Waals surface area contributed by atoms with Crippen molar-refractivity contribution >= 4 is 11.8 Å². The molecule has 1 unspecified atom stereocenters. The third kappa shape index (κ3) is 4.73. The summed E-state index contributed by atoms with van der Waals surface area (Å²) in [5.74, 6) is 0.981. The van der Waals surface area contributed by atoms with Crippen LogP contribution in [0, 0.1) is 6.92 Å². The Labute approximate surface area is 120 Å². The van der Waals surface area contributed by atoms with Gasteiger partial charge >= 0.3 is 0 Å². The highest BCUT2D eigenvalue weighted by atomic mass is 32.2. The van der Waals surface area contributed by atoms with E-state index < -0.39 is 0 Å². The maximum Gasteiger partial charge on any atom is 0.0705 e. The largest absolute Gasteiger partial charge is 0.380 e. The van der Waals surface area contributed by atoms with Gasteiger partial charge in [-0.2, -0.15) is 0 Å². The van der Waals surface area contributed by atoms with Gasteiger partial charge in [0.2, 0.25) is 0 Å². The van der Waals surface area contributed by atoms with Crippen molar-refractivity contribution in [1.29, 1.82) is 0 Å². The molecule has 0 radical (unpaired) electrons. The van der Waals surface area contributed by atoms with E-state index in [0.717, 1.165) is 12.2 Å². The minimum absolute atomic E-state index is 0.258. The monoisotopic (exact) mass is 272 g/mol. The minimum Gasteiger partial charge on any atom is -0.380 e. The van der Waals surface area contributed by atoms with E-state index in [1.54, 1.807) is 7.11 Å². The third-order valence-corrected chi connectivity index (χ3v) is 4.24. The van der Waals surface area contributed by atoms with Crippen molar-refractivity contribution < 1.29 is 4.74 Å². The summed E-state index contributed by atoms with van der Waals surface area (Å²) in [6, 6.07) is 19.2. The SMILES string of the molecule is COC(CSc1ccc(C)cc1)Cc1ccccc1. The molecular formula is C17H20OS. The average molecular weight is 272 g/mol. The van der Waals surface area contributed by atoms with Gasteiger partial charge in [0.15, 0.2) is 0 Å². The summed E-state index contributed by atoms with van der Waals surface area (Å²) in [5, 5.41) is 0. The lowest BCUT2D eigenvalue weighted by molar-refractivity contribution is 0.122. The fraction of sp³-hybridized carbons (Fsp3) is 0.294. The molecule has 0 aliphatic carbocycles. The van der Waals surface area contributed by atoms with Crippen LogP contribution in [0.1, 0.15) is 11.1 Å². The molecule has 0 saturated carbocycles. The standard InChI is InChI=1S/C17H20OS/c1-14-8-10-17(11-9-14)19-13-16(18-2)12-15-6-4-3-5-7-15/h3-11,16H,12-13H2,1-2H3. The first-order valence-electron chi connectivity index (χ1n) is 6.54. The van der Waals surface area contributed by atoms with E-state index in [4.69, 9.17) is 4.74 Å². The number of aryl methyl sites for hydroxylation is 1. The van der Waals surface area contributed by atoms with Crippen molar-refractivity contribution in [3.63, 3.8) is 0 Å². The van der Waals surface area contributed by atoms with Crippen LogP contribution in [0.5, 0.6) is 0 Å². The number of benzene rings is 2. The zero-order chi connectivity index (χ0) is 13.5. The fourth-order valence-corrected chi connectivity index (χ4v) is 2.87. The van der Waals surface area contributed by atoms with Crippen LogP contribution in [0.2, 0.25) is 0 Å². The van der Waals surface area contributed by atoms with Crippen LogP contribution >= 0.6 is 11.8 Å². The lowest BCUT2D eigenvalue weighted by atomic mass is 10.1. The Morgan fingerprint density at radius 1 is 1.00 bits per heavy atom. The van der Waals surface area contributed by atoms with Gasteiger partial charge in [0, 0.05) is 17.8 Å². The maximum atomic E-state index is 5.58. The summed E-state index contributed by atoms with van der Waals surface area (Å²) in [7, 11) is 1.79. The van der Waals surface area contributed by atoms with Gasteiger partial charge in [0.05, 0.1) is 6.10 Å². The third-order valence-electron chi connectivity index (χ3n) is 3.10. The smallest absolute Gasteiger partial charge is 0.0705 e. The molecular weight excluding hydrogens is 252 g/mol. The molecule has 0 saturated heterocycles. The normalized spacial score (nSPS) is 12.3. The molecule has 0 aromatic heterocycles. The second kappa shape index (κ2) is 7.37. The van der Waals surface area contributed by atoms with Crippen LogP contribution in [0.15, 0.2) is 59.5 Å². The number of methoxy groups -OCH3 is 1. The second-order valence-corrected chi connectivity index (χ2v) is 5.76. The summed E-state index contributed by atoms with van der Waals surface area (Å²) in [6.07, 6.45) is 1.23. The molecule has 2 aromatic rings. The first kappa shape index (κ1) is 14.2. The number of rotatable bonds is 6. The van der Waals surface area contributed by atoms with E-state index in [2.05, 4.69) is 55.5 Å². The van der Waals surface area contributed by atoms with E-state index in [1.165, 1.54) is 16.0 Å². The van der Waals surface area contributed by atoms with Crippen molar-refractivity contribution in [1.82, 2.24) is 0 Å². The molecule has 100 valence electrons. The van der Waals surface area contributed by atoms with Crippen molar-refractivity contribution in [2.24, 2.45) is 0 Å². The summed E-state index contributed by atoms with van der Waals surface area (Å²) in [5.41, 5.74) is 2.63. The van der Waals surface area contributed by atoms with Crippen LogP contribution in [0.25, 0.3) is 0 Å². The Hall–Kier alpha value is -1.25. The molecule has 0 heterocycles. The van der Waals surface area contributed by atoms with E-state index in [9.17, 15) is 0 Å². The van der Waals surface area contributed by atoms with Gasteiger partial charge in [-0.05, 0) is 31.0 Å². The first-order chi connectivity index (χ1) is 9.28. The van der Waals surface area contributed by atoms with Crippen LogP contribution in [-0.4, -0.2) is 19.0 Å². The molecule has 1 atom stereocenters. The van der Waals surface area contributed by atoms with Crippen LogP contribution < -0.4 is 0 Å². The maximum absolute atomic E-state index is 5.58. The Kier molecular flexibility index (Phi) is 5.49. The van der Waals surface area contributed by atoms with Crippen molar-refractivity contribution in [3.8, 4) is 0 Å². The van der Waals surface area contributed by atoms with E-state index in [-0.39, 0.29) is 6.10 Å². The van der Waals surface area contributed by atoms with E-state index in [1.807, 2.05) is 17.8 Å². The summed E-state index contributed by atoms with van der Waals surface area (Å²) in [6.45, 7) is 2.11. The van der Waals surface area contributed by atoms with Gasteiger partial charge in [-0.15, -0.1) is 11.8 Å². The molecule has 0 bridgehead atoms. The zero-order valence-electron chi connectivity index (χ0n) is 11.5. The van der Waals surface area contributed by atoms with Crippen molar-refractivity contribution in [2.45, 2.75) is 24.3 Å². The number of thioether (sulfide) groups is 1. The Morgan fingerprint density at radius 3 is 2.32 bits per heavy atom. The Bertz CT molecular complexity index is 478. The molecule has 1 nitrogen and oxygen atoms in total. The summed E-state index contributed by atoms with van der Waals surface area (Å²) in [4.78, 5) is 1.31. The van der Waals surface area contributed by atoms with Crippen LogP contribution in [-0.2, 0) is 11.2 Å². The lowest BCUT2D eigenvalue weighted by Crippen LogP contribution is -2.16. The van der Waals surface area contributed by atoms with Crippen LogP contribution in [0.4, 0.5) is 0 Å². The highest BCUT2D eigenvalue weighted by molar-refractivity contribution is 7.99. The van der Waals surface area contributed by atoms with E-state index in [0.29, 0.717) is 0 Å². The van der Waals surface area contributed by atoms with Crippen molar-refractivity contribution in [3.05, 3.63) is 65.7 Å². The quantitative estimate of drug-likeness (QED) is 0.723. The number of hydrogen-bond acceptors (Lipinski definition) is 2. The zero-order valence-corrected chi connectivity index (χ0v) is 12.3. The van der Waals surface area contributed by atoms with Crippen LogP contribution in [0.3, 0.4) is 0 Å². The number of ether oxygens (including phenoxy) is 1. The van der Waals surface area contributed by atoms with Gasteiger partial charge in [-0.3, -0.25) is 0 Å². The van der Waals surface area contributed by atoms with Gasteiger partial charge < -0.3 is 4.74 Å². The topological polar surface area (TPSA) is 9.23 Å². The fourth-order valence-electron chi connectivity index (χ4n) is 1.91.